The Labute approximate surface area is 156 Å². The van der Waals surface area contributed by atoms with Gasteiger partial charge in [-0.2, -0.15) is 0 Å². The van der Waals surface area contributed by atoms with Gasteiger partial charge in [0.15, 0.2) is 11.5 Å². The Hall–Kier alpha value is -2.93. The molecular formula is C18H19ClN2O5. The molecule has 0 saturated heterocycles. The highest BCUT2D eigenvalue weighted by atomic mass is 35.5. The van der Waals surface area contributed by atoms with Gasteiger partial charge in [0, 0.05) is 16.1 Å². The van der Waals surface area contributed by atoms with E-state index in [1.54, 1.807) is 36.4 Å². The van der Waals surface area contributed by atoms with Crippen LogP contribution < -0.4 is 25.1 Å². The molecule has 0 radical (unpaired) electrons. The van der Waals surface area contributed by atoms with Crippen molar-refractivity contribution in [2.24, 2.45) is 0 Å². The number of nitrogens with one attached hydrogen (secondary N) is 2. The standard InChI is InChI=1S/C18H19ClN2O5/c1-24-14-9-6-12(16(25-2)17(14)26-3)10-15(22)20-21-18(23)11-4-7-13(19)8-5-11/h4-9H,10H2,1-3H3,(H,20,22)(H,21,23). The third kappa shape index (κ3) is 4.58. The van der Waals surface area contributed by atoms with Crippen LogP contribution in [0.25, 0.3) is 0 Å². The highest BCUT2D eigenvalue weighted by Crippen LogP contribution is 2.39. The van der Waals surface area contributed by atoms with E-state index in [0.717, 1.165) is 0 Å². The summed E-state index contributed by atoms with van der Waals surface area (Å²) in [5, 5.41) is 0.520. The van der Waals surface area contributed by atoms with Gasteiger partial charge in [-0.25, -0.2) is 0 Å². The first-order valence-corrected chi connectivity index (χ1v) is 8.00. The highest BCUT2D eigenvalue weighted by molar-refractivity contribution is 6.30. The van der Waals surface area contributed by atoms with Gasteiger partial charge in [-0.3, -0.25) is 20.4 Å². The Morgan fingerprint density at radius 3 is 2.12 bits per heavy atom. The lowest BCUT2D eigenvalue weighted by Crippen LogP contribution is -2.42. The molecule has 0 bridgehead atoms. The summed E-state index contributed by atoms with van der Waals surface area (Å²) in [5.41, 5.74) is 5.67. The van der Waals surface area contributed by atoms with Gasteiger partial charge in [-0.1, -0.05) is 17.7 Å². The predicted molar refractivity (Wildman–Crippen MR) is 96.9 cm³/mol. The number of carbonyl (C=O) groups excluding carboxylic acids is 2. The van der Waals surface area contributed by atoms with E-state index < -0.39 is 11.8 Å². The third-order valence-electron chi connectivity index (χ3n) is 3.56. The van der Waals surface area contributed by atoms with E-state index in [0.29, 0.717) is 33.4 Å². The molecule has 2 N–H and O–H groups in total. The fourth-order valence-corrected chi connectivity index (χ4v) is 2.45. The van der Waals surface area contributed by atoms with E-state index in [-0.39, 0.29) is 6.42 Å². The summed E-state index contributed by atoms with van der Waals surface area (Å²) < 4.78 is 15.8. The van der Waals surface area contributed by atoms with E-state index in [1.807, 2.05) is 0 Å². The Bertz CT molecular complexity index is 793. The molecule has 0 spiro atoms. The zero-order valence-corrected chi connectivity index (χ0v) is 15.3. The van der Waals surface area contributed by atoms with Crippen LogP contribution >= 0.6 is 11.6 Å². The molecule has 0 unspecified atom stereocenters. The average molecular weight is 379 g/mol. The van der Waals surface area contributed by atoms with Crippen molar-refractivity contribution in [2.45, 2.75) is 6.42 Å². The van der Waals surface area contributed by atoms with Crippen molar-refractivity contribution >= 4 is 23.4 Å². The minimum Gasteiger partial charge on any atom is -0.493 e. The molecule has 0 saturated carbocycles. The van der Waals surface area contributed by atoms with Crippen molar-refractivity contribution in [3.63, 3.8) is 0 Å². The van der Waals surface area contributed by atoms with Crippen molar-refractivity contribution in [1.29, 1.82) is 0 Å². The third-order valence-corrected chi connectivity index (χ3v) is 3.81. The van der Waals surface area contributed by atoms with E-state index in [1.165, 1.54) is 21.3 Å². The van der Waals surface area contributed by atoms with Gasteiger partial charge in [0.05, 0.1) is 27.8 Å². The van der Waals surface area contributed by atoms with Gasteiger partial charge < -0.3 is 14.2 Å². The maximum Gasteiger partial charge on any atom is 0.269 e. The fraction of sp³-hybridized carbons (Fsp3) is 0.222. The number of hydrogen-bond acceptors (Lipinski definition) is 5. The first-order chi connectivity index (χ1) is 12.5. The van der Waals surface area contributed by atoms with Gasteiger partial charge in [0.25, 0.3) is 5.91 Å². The summed E-state index contributed by atoms with van der Waals surface area (Å²) in [6.07, 6.45) is -0.0234. The second-order valence-electron chi connectivity index (χ2n) is 5.18. The number of benzene rings is 2. The topological polar surface area (TPSA) is 85.9 Å². The Morgan fingerprint density at radius 1 is 0.885 bits per heavy atom. The van der Waals surface area contributed by atoms with Gasteiger partial charge in [0.1, 0.15) is 0 Å². The first-order valence-electron chi connectivity index (χ1n) is 7.62. The molecular weight excluding hydrogens is 360 g/mol. The maximum atomic E-state index is 12.2. The van der Waals surface area contributed by atoms with Crippen molar-refractivity contribution in [1.82, 2.24) is 10.9 Å². The molecule has 2 aromatic rings. The van der Waals surface area contributed by atoms with Crippen LogP contribution in [-0.4, -0.2) is 33.1 Å². The summed E-state index contributed by atoms with van der Waals surface area (Å²) >= 11 is 5.78. The first kappa shape index (κ1) is 19.4. The van der Waals surface area contributed by atoms with Crippen molar-refractivity contribution < 1.29 is 23.8 Å². The summed E-state index contributed by atoms with van der Waals surface area (Å²) in [6, 6.07) is 9.67. The van der Waals surface area contributed by atoms with Crippen LogP contribution in [0.3, 0.4) is 0 Å². The lowest BCUT2D eigenvalue weighted by molar-refractivity contribution is -0.121. The quantitative estimate of drug-likeness (QED) is 0.754. The highest BCUT2D eigenvalue weighted by Gasteiger charge is 2.18. The molecule has 138 valence electrons. The normalized spacial score (nSPS) is 10.0. The number of ether oxygens (including phenoxy) is 3. The molecule has 0 aliphatic carbocycles. The van der Waals surface area contributed by atoms with E-state index >= 15 is 0 Å². The molecule has 0 atom stereocenters. The zero-order valence-electron chi connectivity index (χ0n) is 14.6. The second-order valence-corrected chi connectivity index (χ2v) is 5.62. The number of hydrazine groups is 1. The van der Waals surface area contributed by atoms with Crippen LogP contribution in [0.15, 0.2) is 36.4 Å². The van der Waals surface area contributed by atoms with Crippen molar-refractivity contribution in [3.05, 3.63) is 52.5 Å². The monoisotopic (exact) mass is 378 g/mol. The lowest BCUT2D eigenvalue weighted by Gasteiger charge is -2.15. The van der Waals surface area contributed by atoms with Gasteiger partial charge in [-0.15, -0.1) is 0 Å². The lowest BCUT2D eigenvalue weighted by atomic mass is 10.1. The summed E-state index contributed by atoms with van der Waals surface area (Å²) in [4.78, 5) is 24.1. The fourth-order valence-electron chi connectivity index (χ4n) is 2.32. The number of rotatable bonds is 6. The molecule has 2 aromatic carbocycles. The summed E-state index contributed by atoms with van der Waals surface area (Å²) in [7, 11) is 4.47. The minimum atomic E-state index is -0.450. The molecule has 26 heavy (non-hydrogen) atoms. The van der Waals surface area contributed by atoms with Crippen molar-refractivity contribution in [2.75, 3.05) is 21.3 Å². The van der Waals surface area contributed by atoms with Gasteiger partial charge in [-0.05, 0) is 30.3 Å². The molecule has 2 rings (SSSR count). The Kier molecular flexibility index (Phi) is 6.68. The number of halogens is 1. The molecule has 0 fully saturated rings. The van der Waals surface area contributed by atoms with Gasteiger partial charge in [0.2, 0.25) is 11.7 Å². The SMILES string of the molecule is COc1ccc(CC(=O)NNC(=O)c2ccc(Cl)cc2)c(OC)c1OC. The van der Waals surface area contributed by atoms with E-state index in [4.69, 9.17) is 25.8 Å². The Balaban J connectivity index is 2.03. The molecule has 2 amide bonds. The number of amides is 2. The van der Waals surface area contributed by atoms with Crippen LogP contribution in [0.2, 0.25) is 5.02 Å². The molecule has 0 aliphatic rings. The van der Waals surface area contributed by atoms with Crippen LogP contribution in [0, 0.1) is 0 Å². The van der Waals surface area contributed by atoms with E-state index in [2.05, 4.69) is 10.9 Å². The van der Waals surface area contributed by atoms with Crippen LogP contribution in [-0.2, 0) is 11.2 Å². The molecule has 0 aliphatic heterocycles. The largest absolute Gasteiger partial charge is 0.493 e. The molecule has 0 aromatic heterocycles. The molecule has 0 heterocycles. The summed E-state index contributed by atoms with van der Waals surface area (Å²) in [6.45, 7) is 0. The smallest absolute Gasteiger partial charge is 0.269 e. The van der Waals surface area contributed by atoms with Crippen LogP contribution in [0.5, 0.6) is 17.2 Å². The number of carbonyl (C=O) groups is 2. The minimum absolute atomic E-state index is 0.0234. The van der Waals surface area contributed by atoms with Crippen molar-refractivity contribution in [3.8, 4) is 17.2 Å². The van der Waals surface area contributed by atoms with E-state index in [9.17, 15) is 9.59 Å². The maximum absolute atomic E-state index is 12.2. The van der Waals surface area contributed by atoms with Gasteiger partial charge >= 0.3 is 0 Å². The molecule has 7 nitrogen and oxygen atoms in total. The number of hydrogen-bond donors (Lipinski definition) is 2. The zero-order chi connectivity index (χ0) is 19.1. The van der Waals surface area contributed by atoms with Crippen LogP contribution in [0.1, 0.15) is 15.9 Å². The summed E-state index contributed by atoms with van der Waals surface area (Å²) in [5.74, 6) is 0.410. The van der Waals surface area contributed by atoms with Crippen LogP contribution in [0.4, 0.5) is 0 Å². The average Bonchev–Trinajstić information content (AvgIpc) is 2.66. The Morgan fingerprint density at radius 2 is 1.54 bits per heavy atom. The number of methoxy groups -OCH3 is 3. The molecule has 8 heteroatoms. The predicted octanol–water partition coefficient (Wildman–Crippen LogP) is 2.37. The second kappa shape index (κ2) is 8.96.